The number of rotatable bonds is 6. The van der Waals surface area contributed by atoms with E-state index in [2.05, 4.69) is 10.6 Å². The number of anilines is 1. The van der Waals surface area contributed by atoms with Gasteiger partial charge >= 0.3 is 5.97 Å². The van der Waals surface area contributed by atoms with Crippen LogP contribution in [0.15, 0.2) is 22.9 Å². The van der Waals surface area contributed by atoms with Crippen LogP contribution in [0, 0.1) is 0 Å². The zero-order valence-electron chi connectivity index (χ0n) is 12.7. The van der Waals surface area contributed by atoms with Gasteiger partial charge in [0.1, 0.15) is 10.6 Å². The van der Waals surface area contributed by atoms with Crippen LogP contribution >= 0.6 is 22.7 Å². The van der Waals surface area contributed by atoms with E-state index in [1.807, 2.05) is 17.5 Å². The van der Waals surface area contributed by atoms with Gasteiger partial charge in [0.05, 0.1) is 0 Å². The summed E-state index contributed by atoms with van der Waals surface area (Å²) in [6.07, 6.45) is 0. The number of carbonyl (C=O) groups excluding carboxylic acids is 3. The third-order valence-electron chi connectivity index (χ3n) is 2.78. The fraction of sp³-hybridized carbons (Fsp3) is 0.267. The average Bonchev–Trinajstić information content (AvgIpc) is 3.13. The van der Waals surface area contributed by atoms with E-state index in [9.17, 15) is 14.4 Å². The van der Waals surface area contributed by atoms with Crippen LogP contribution in [0.2, 0.25) is 0 Å². The van der Waals surface area contributed by atoms with Crippen LogP contribution in [-0.2, 0) is 14.3 Å². The molecule has 0 radical (unpaired) electrons. The maximum Gasteiger partial charge on any atom is 0.342 e. The molecule has 2 amide bonds. The van der Waals surface area contributed by atoms with Gasteiger partial charge in [-0.3, -0.25) is 9.59 Å². The highest BCUT2D eigenvalue weighted by molar-refractivity contribution is 7.17. The molecule has 0 aromatic carbocycles. The van der Waals surface area contributed by atoms with Gasteiger partial charge in [-0.1, -0.05) is 6.07 Å². The molecule has 2 rings (SSSR count). The third kappa shape index (κ3) is 4.40. The van der Waals surface area contributed by atoms with Crippen molar-refractivity contribution in [3.63, 3.8) is 0 Å². The summed E-state index contributed by atoms with van der Waals surface area (Å²) in [6, 6.07) is 3.75. The highest BCUT2D eigenvalue weighted by Gasteiger charge is 2.23. The van der Waals surface area contributed by atoms with Crippen LogP contribution in [0.3, 0.4) is 0 Å². The molecule has 0 atom stereocenters. The third-order valence-corrected chi connectivity index (χ3v) is 4.58. The molecule has 8 heteroatoms. The second kappa shape index (κ2) is 7.89. The number of carbonyl (C=O) groups is 3. The van der Waals surface area contributed by atoms with Crippen molar-refractivity contribution in [1.82, 2.24) is 5.32 Å². The fourth-order valence-electron chi connectivity index (χ4n) is 1.88. The van der Waals surface area contributed by atoms with Crippen LogP contribution in [-0.4, -0.2) is 30.9 Å². The zero-order chi connectivity index (χ0) is 16.8. The van der Waals surface area contributed by atoms with E-state index in [1.165, 1.54) is 29.6 Å². The first-order chi connectivity index (χ1) is 11.0. The smallest absolute Gasteiger partial charge is 0.342 e. The highest BCUT2D eigenvalue weighted by atomic mass is 32.1. The number of hydrogen-bond acceptors (Lipinski definition) is 6. The Labute approximate surface area is 141 Å². The first-order valence-corrected chi connectivity index (χ1v) is 8.65. The molecule has 2 heterocycles. The first kappa shape index (κ1) is 17.2. The van der Waals surface area contributed by atoms with Crippen molar-refractivity contribution in [2.75, 3.05) is 18.5 Å². The monoisotopic (exact) mass is 352 g/mol. The standard InChI is InChI=1S/C15H16N2O4S2/c1-3-16-12(19)7-21-15(20)13-10(11-5-4-6-22-11)8-23-14(13)17-9(2)18/h4-6,8H,3,7H2,1-2H3,(H,16,19)(H,17,18). The van der Waals surface area contributed by atoms with E-state index in [4.69, 9.17) is 4.74 Å². The second-order valence-electron chi connectivity index (χ2n) is 4.54. The van der Waals surface area contributed by atoms with Crippen LogP contribution < -0.4 is 10.6 Å². The predicted molar refractivity (Wildman–Crippen MR) is 90.9 cm³/mol. The minimum absolute atomic E-state index is 0.275. The van der Waals surface area contributed by atoms with E-state index in [0.29, 0.717) is 17.1 Å². The topological polar surface area (TPSA) is 84.5 Å². The number of esters is 1. The molecule has 0 aliphatic rings. The summed E-state index contributed by atoms with van der Waals surface area (Å²) in [4.78, 5) is 36.0. The number of thiophene rings is 2. The number of nitrogens with one attached hydrogen (secondary N) is 2. The molecule has 0 unspecified atom stereocenters. The average molecular weight is 352 g/mol. The summed E-state index contributed by atoms with van der Waals surface area (Å²) in [7, 11) is 0. The van der Waals surface area contributed by atoms with Gasteiger partial charge in [-0.15, -0.1) is 22.7 Å². The zero-order valence-corrected chi connectivity index (χ0v) is 14.3. The Morgan fingerprint density at radius 2 is 2.04 bits per heavy atom. The first-order valence-electron chi connectivity index (χ1n) is 6.89. The van der Waals surface area contributed by atoms with Crippen LogP contribution in [0.1, 0.15) is 24.2 Å². The van der Waals surface area contributed by atoms with E-state index < -0.39 is 5.97 Å². The molecule has 2 N–H and O–H groups in total. The van der Waals surface area contributed by atoms with E-state index in [0.717, 1.165) is 4.88 Å². The summed E-state index contributed by atoms with van der Waals surface area (Å²) in [6.45, 7) is 3.26. The van der Waals surface area contributed by atoms with E-state index >= 15 is 0 Å². The van der Waals surface area contributed by atoms with Gasteiger partial charge in [-0.05, 0) is 18.4 Å². The van der Waals surface area contributed by atoms with Gasteiger partial charge in [0.25, 0.3) is 5.91 Å². The second-order valence-corrected chi connectivity index (χ2v) is 6.37. The molecule has 0 fully saturated rings. The Morgan fingerprint density at radius 3 is 2.65 bits per heavy atom. The van der Waals surface area contributed by atoms with Crippen molar-refractivity contribution < 1.29 is 19.1 Å². The molecule has 0 aliphatic heterocycles. The summed E-state index contributed by atoms with van der Waals surface area (Å²) in [5.74, 6) is -1.28. The van der Waals surface area contributed by atoms with Crippen molar-refractivity contribution in [1.29, 1.82) is 0 Å². The van der Waals surface area contributed by atoms with Crippen molar-refractivity contribution >= 4 is 45.5 Å². The molecule has 122 valence electrons. The molecule has 0 bridgehead atoms. The molecule has 0 saturated heterocycles. The van der Waals surface area contributed by atoms with Crippen LogP contribution in [0.4, 0.5) is 5.00 Å². The van der Waals surface area contributed by atoms with Gasteiger partial charge in [0.2, 0.25) is 5.91 Å². The Hall–Kier alpha value is -2.19. The molecule has 0 aliphatic carbocycles. The van der Waals surface area contributed by atoms with Crippen LogP contribution in [0.25, 0.3) is 10.4 Å². The van der Waals surface area contributed by atoms with E-state index in [1.54, 1.807) is 12.3 Å². The molecule has 23 heavy (non-hydrogen) atoms. The summed E-state index contributed by atoms with van der Waals surface area (Å²) < 4.78 is 5.07. The van der Waals surface area contributed by atoms with Crippen molar-refractivity contribution in [3.05, 3.63) is 28.5 Å². The Balaban J connectivity index is 2.26. The van der Waals surface area contributed by atoms with Gasteiger partial charge in [0.15, 0.2) is 6.61 Å². The number of ether oxygens (including phenoxy) is 1. The van der Waals surface area contributed by atoms with Gasteiger partial charge in [-0.2, -0.15) is 0 Å². The molecule has 0 spiro atoms. The van der Waals surface area contributed by atoms with Crippen molar-refractivity contribution in [3.8, 4) is 10.4 Å². The van der Waals surface area contributed by atoms with E-state index in [-0.39, 0.29) is 24.0 Å². The highest BCUT2D eigenvalue weighted by Crippen LogP contribution is 2.38. The fourth-order valence-corrected chi connectivity index (χ4v) is 3.69. The normalized spacial score (nSPS) is 10.2. The number of amides is 2. The lowest BCUT2D eigenvalue weighted by Crippen LogP contribution is -2.28. The maximum absolute atomic E-state index is 12.4. The molecular formula is C15H16N2O4S2. The van der Waals surface area contributed by atoms with Gasteiger partial charge in [-0.25, -0.2) is 4.79 Å². The Kier molecular flexibility index (Phi) is 5.89. The van der Waals surface area contributed by atoms with Gasteiger partial charge in [0, 0.05) is 29.3 Å². The molecule has 6 nitrogen and oxygen atoms in total. The minimum atomic E-state index is -0.635. The maximum atomic E-state index is 12.4. The predicted octanol–water partition coefficient (Wildman–Crippen LogP) is 2.73. The number of hydrogen-bond donors (Lipinski definition) is 2. The molecule has 2 aromatic heterocycles. The van der Waals surface area contributed by atoms with Crippen LogP contribution in [0.5, 0.6) is 0 Å². The molecule has 2 aromatic rings. The summed E-state index contributed by atoms with van der Waals surface area (Å²) >= 11 is 2.73. The SMILES string of the molecule is CCNC(=O)COC(=O)c1c(-c2cccs2)csc1NC(C)=O. The minimum Gasteiger partial charge on any atom is -0.452 e. The lowest BCUT2D eigenvalue weighted by atomic mass is 10.1. The quantitative estimate of drug-likeness (QED) is 0.783. The Morgan fingerprint density at radius 1 is 1.26 bits per heavy atom. The summed E-state index contributed by atoms with van der Waals surface area (Å²) in [5.41, 5.74) is 0.964. The summed E-state index contributed by atoms with van der Waals surface area (Å²) in [5, 5.41) is 9.29. The molecule has 0 saturated carbocycles. The van der Waals surface area contributed by atoms with Crippen molar-refractivity contribution in [2.24, 2.45) is 0 Å². The largest absolute Gasteiger partial charge is 0.452 e. The Bertz CT molecular complexity index is 707. The molecular weight excluding hydrogens is 336 g/mol. The van der Waals surface area contributed by atoms with Crippen molar-refractivity contribution in [2.45, 2.75) is 13.8 Å². The lowest BCUT2D eigenvalue weighted by Gasteiger charge is -2.08. The number of likely N-dealkylation sites (N-methyl/N-ethyl adjacent to an activating group) is 1. The van der Waals surface area contributed by atoms with Gasteiger partial charge < -0.3 is 15.4 Å². The lowest BCUT2D eigenvalue weighted by molar-refractivity contribution is -0.124.